The van der Waals surface area contributed by atoms with E-state index < -0.39 is 43.0 Å². The van der Waals surface area contributed by atoms with Crippen molar-refractivity contribution >= 4 is 19.1 Å². The molecule has 37 heavy (non-hydrogen) atoms. The maximum absolute atomic E-state index is 12.9. The lowest BCUT2D eigenvalue weighted by Gasteiger charge is -2.22. The molecule has 2 amide bonds. The van der Waals surface area contributed by atoms with Gasteiger partial charge in [-0.1, -0.05) is 66.7 Å². The molecule has 2 atom stereocenters. The molecule has 0 aliphatic heterocycles. The van der Waals surface area contributed by atoms with E-state index in [2.05, 4.69) is 10.6 Å². The van der Waals surface area contributed by atoms with Gasteiger partial charge in [0.1, 0.15) is 12.1 Å². The van der Waals surface area contributed by atoms with Gasteiger partial charge in [-0.2, -0.15) is 13.2 Å². The summed E-state index contributed by atoms with van der Waals surface area (Å²) < 4.78 is 43.6. The average molecular weight is 514 g/mol. The van der Waals surface area contributed by atoms with Crippen molar-refractivity contribution in [2.24, 2.45) is 5.92 Å². The summed E-state index contributed by atoms with van der Waals surface area (Å²) >= 11 is 0. The maximum atomic E-state index is 12.9. The molecule has 0 aromatic heterocycles. The van der Waals surface area contributed by atoms with Crippen LogP contribution in [-0.4, -0.2) is 35.4 Å². The van der Waals surface area contributed by atoms with E-state index in [1.54, 1.807) is 12.1 Å². The Kier molecular flexibility index (Phi) is 9.45. The van der Waals surface area contributed by atoms with Crippen molar-refractivity contribution in [3.05, 3.63) is 95.6 Å². The predicted molar refractivity (Wildman–Crippen MR) is 131 cm³/mol. The second-order valence-corrected chi connectivity index (χ2v) is 8.36. The largest absolute Gasteiger partial charge is 0.635 e. The van der Waals surface area contributed by atoms with Crippen molar-refractivity contribution in [3.8, 4) is 11.1 Å². The molecule has 0 saturated heterocycles. The number of carbonyl (C=O) groups excluding carboxylic acids is 2. The minimum absolute atomic E-state index is 0.0804. The number of alkyl halides is 3. The van der Waals surface area contributed by atoms with Gasteiger partial charge in [0, 0.05) is 13.0 Å². The van der Waals surface area contributed by atoms with Crippen LogP contribution in [0.15, 0.2) is 78.9 Å². The smallest absolute Gasteiger partial charge is 0.402 e. The summed E-state index contributed by atoms with van der Waals surface area (Å²) in [6.07, 6.45) is -5.59. The van der Waals surface area contributed by atoms with E-state index in [1.807, 2.05) is 42.5 Å². The Morgan fingerprint density at radius 3 is 2.16 bits per heavy atom. The van der Waals surface area contributed by atoms with Gasteiger partial charge in [-0.25, -0.2) is 0 Å². The molecule has 0 heterocycles. The van der Waals surface area contributed by atoms with Crippen LogP contribution < -0.4 is 10.6 Å². The molecular formula is C26H26BF3N2O5. The molecule has 0 aliphatic carbocycles. The van der Waals surface area contributed by atoms with Crippen LogP contribution in [0.1, 0.15) is 23.6 Å². The number of amides is 2. The van der Waals surface area contributed by atoms with Gasteiger partial charge in [-0.3, -0.25) is 9.59 Å². The standard InChI is InChI=1S/C26H26BF3N2O5/c1-17(24(33)31-16-19-6-5-9-22(14-19)26(28,29)30)25(34)32-23(37-27(35)36)15-18-10-12-21(13-11-18)20-7-3-2-4-8-20/h2-14,17,23,35-36H,15-16H2,1H3,(H,31,33)(H,32,34)/t17?,23-/m1/s1. The number of carbonyl (C=O) groups is 2. The first-order valence-electron chi connectivity index (χ1n) is 11.4. The molecule has 0 spiro atoms. The zero-order valence-corrected chi connectivity index (χ0v) is 19.9. The third-order valence-electron chi connectivity index (χ3n) is 5.58. The van der Waals surface area contributed by atoms with Gasteiger partial charge in [0.05, 0.1) is 5.56 Å². The Morgan fingerprint density at radius 1 is 0.892 bits per heavy atom. The number of hydrogen-bond donors (Lipinski definition) is 4. The first-order valence-corrected chi connectivity index (χ1v) is 11.4. The second kappa shape index (κ2) is 12.5. The van der Waals surface area contributed by atoms with E-state index in [0.29, 0.717) is 0 Å². The zero-order chi connectivity index (χ0) is 27.0. The third-order valence-corrected chi connectivity index (χ3v) is 5.58. The molecule has 0 aliphatic rings. The molecule has 0 saturated carbocycles. The van der Waals surface area contributed by atoms with Crippen molar-refractivity contribution in [1.82, 2.24) is 10.6 Å². The Hall–Kier alpha value is -3.67. The molecular weight excluding hydrogens is 488 g/mol. The lowest BCUT2D eigenvalue weighted by molar-refractivity contribution is -0.138. The molecule has 7 nitrogen and oxygen atoms in total. The molecule has 1 unspecified atom stereocenters. The summed E-state index contributed by atoms with van der Waals surface area (Å²) in [6, 6.07) is 21.5. The van der Waals surface area contributed by atoms with Crippen LogP contribution >= 0.6 is 0 Å². The fourth-order valence-electron chi connectivity index (χ4n) is 3.56. The molecule has 194 valence electrons. The van der Waals surface area contributed by atoms with Crippen molar-refractivity contribution in [2.45, 2.75) is 32.3 Å². The number of rotatable bonds is 10. The topological polar surface area (TPSA) is 108 Å². The number of nitrogens with one attached hydrogen (secondary N) is 2. The lowest BCUT2D eigenvalue weighted by Crippen LogP contribution is -2.47. The lowest BCUT2D eigenvalue weighted by atomic mass is 10.0. The zero-order valence-electron chi connectivity index (χ0n) is 19.9. The summed E-state index contributed by atoms with van der Waals surface area (Å²) in [5.74, 6) is -2.70. The molecule has 11 heteroatoms. The predicted octanol–water partition coefficient (Wildman–Crippen LogP) is 3.30. The molecule has 3 aromatic carbocycles. The summed E-state index contributed by atoms with van der Waals surface area (Å²) in [5, 5.41) is 23.4. The van der Waals surface area contributed by atoms with Crippen molar-refractivity contribution < 1.29 is 37.5 Å². The van der Waals surface area contributed by atoms with Gasteiger partial charge >= 0.3 is 13.5 Å². The van der Waals surface area contributed by atoms with Crippen LogP contribution in [0.3, 0.4) is 0 Å². The highest BCUT2D eigenvalue weighted by atomic mass is 19.4. The Labute approximate surface area is 212 Å². The summed E-state index contributed by atoms with van der Waals surface area (Å²) in [6.45, 7) is 1.11. The second-order valence-electron chi connectivity index (χ2n) is 8.36. The molecule has 0 fully saturated rings. The summed E-state index contributed by atoms with van der Waals surface area (Å²) in [5.41, 5.74) is 2.10. The first-order chi connectivity index (χ1) is 17.5. The van der Waals surface area contributed by atoms with Crippen LogP contribution in [0.4, 0.5) is 13.2 Å². The monoisotopic (exact) mass is 514 g/mol. The molecule has 0 radical (unpaired) electrons. The van der Waals surface area contributed by atoms with Crippen LogP contribution in [0.25, 0.3) is 11.1 Å². The van der Waals surface area contributed by atoms with E-state index >= 15 is 0 Å². The SMILES string of the molecule is CC(C(=O)NCc1cccc(C(F)(F)F)c1)C(=O)N[C@@H](Cc1ccc(-c2ccccc2)cc1)OB(O)O. The Bertz CT molecular complexity index is 1190. The Balaban J connectivity index is 1.59. The fourth-order valence-corrected chi connectivity index (χ4v) is 3.56. The quantitative estimate of drug-likeness (QED) is 0.189. The molecule has 4 N–H and O–H groups in total. The highest BCUT2D eigenvalue weighted by Crippen LogP contribution is 2.29. The van der Waals surface area contributed by atoms with Gasteiger partial charge < -0.3 is 25.3 Å². The van der Waals surface area contributed by atoms with E-state index in [9.17, 15) is 32.8 Å². The summed E-state index contributed by atoms with van der Waals surface area (Å²) in [7, 11) is -2.17. The van der Waals surface area contributed by atoms with Crippen LogP contribution in [0.2, 0.25) is 0 Å². The van der Waals surface area contributed by atoms with Crippen LogP contribution in [0, 0.1) is 5.92 Å². The van der Waals surface area contributed by atoms with Crippen molar-refractivity contribution in [2.75, 3.05) is 0 Å². The van der Waals surface area contributed by atoms with Crippen LogP contribution in [0.5, 0.6) is 0 Å². The third kappa shape index (κ3) is 8.45. The maximum Gasteiger partial charge on any atom is 0.635 e. The first kappa shape index (κ1) is 27.9. The summed E-state index contributed by atoms with van der Waals surface area (Å²) in [4.78, 5) is 25.1. The average Bonchev–Trinajstić information content (AvgIpc) is 2.87. The molecule has 3 aromatic rings. The highest BCUT2D eigenvalue weighted by molar-refractivity contribution is 6.32. The minimum atomic E-state index is -4.51. The fraction of sp³-hybridized carbons (Fsp3) is 0.231. The van der Waals surface area contributed by atoms with E-state index in [0.717, 1.165) is 28.8 Å². The highest BCUT2D eigenvalue weighted by Gasteiger charge is 2.30. The van der Waals surface area contributed by atoms with Gasteiger partial charge in [0.2, 0.25) is 11.8 Å². The van der Waals surface area contributed by atoms with E-state index in [-0.39, 0.29) is 18.5 Å². The van der Waals surface area contributed by atoms with Crippen molar-refractivity contribution in [3.63, 3.8) is 0 Å². The molecule has 0 bridgehead atoms. The van der Waals surface area contributed by atoms with E-state index in [1.165, 1.54) is 19.1 Å². The number of benzene rings is 3. The van der Waals surface area contributed by atoms with Crippen LogP contribution in [-0.2, 0) is 33.4 Å². The van der Waals surface area contributed by atoms with Gasteiger partial charge in [0.25, 0.3) is 0 Å². The Morgan fingerprint density at radius 2 is 1.54 bits per heavy atom. The number of halogens is 3. The van der Waals surface area contributed by atoms with E-state index in [4.69, 9.17) is 4.65 Å². The van der Waals surface area contributed by atoms with Gasteiger partial charge in [0.15, 0.2) is 0 Å². The van der Waals surface area contributed by atoms with Gasteiger partial charge in [-0.15, -0.1) is 0 Å². The normalized spacial score (nSPS) is 12.9. The minimum Gasteiger partial charge on any atom is -0.402 e. The number of hydrogen-bond acceptors (Lipinski definition) is 5. The van der Waals surface area contributed by atoms with Gasteiger partial charge in [-0.05, 0) is 41.3 Å². The van der Waals surface area contributed by atoms with Crippen molar-refractivity contribution in [1.29, 1.82) is 0 Å². The molecule has 3 rings (SSSR count).